The minimum Gasteiger partial charge on any atom is -0.508 e. The van der Waals surface area contributed by atoms with Gasteiger partial charge in [-0.3, -0.25) is 0 Å². The van der Waals surface area contributed by atoms with Crippen molar-refractivity contribution in [3.05, 3.63) is 28.6 Å². The Hall–Kier alpha value is -1.87. The van der Waals surface area contributed by atoms with Crippen LogP contribution in [-0.4, -0.2) is 10.2 Å². The van der Waals surface area contributed by atoms with Gasteiger partial charge >= 0.3 is 0 Å². The average Bonchev–Trinajstić information content (AvgIpc) is 1.95. The number of hydrogen-bond donors (Lipinski definition) is 2. The lowest BCUT2D eigenvalue weighted by atomic mass is 10.3. The maximum atomic E-state index is 9.00. The Kier molecular flexibility index (Phi) is 1.85. The molecule has 0 unspecified atom stereocenters. The maximum absolute atomic E-state index is 9.00. The molecule has 0 radical (unpaired) electrons. The predicted octanol–water partition coefficient (Wildman–Crippen LogP) is 2.04. The van der Waals surface area contributed by atoms with Crippen molar-refractivity contribution in [1.82, 2.24) is 0 Å². The van der Waals surface area contributed by atoms with Crippen LogP contribution in [0.4, 0.5) is 5.69 Å². The van der Waals surface area contributed by atoms with Crippen LogP contribution in [0.25, 0.3) is 10.4 Å². The summed E-state index contributed by atoms with van der Waals surface area (Å²) in [5.74, 6) is -0.304. The van der Waals surface area contributed by atoms with Crippen molar-refractivity contribution in [1.29, 1.82) is 0 Å². The molecule has 0 spiro atoms. The first-order chi connectivity index (χ1) is 5.24. The highest BCUT2D eigenvalue weighted by molar-refractivity contribution is 5.53. The highest BCUT2D eigenvalue weighted by atomic mass is 16.3. The third-order valence-electron chi connectivity index (χ3n) is 1.11. The Morgan fingerprint density at radius 1 is 1.36 bits per heavy atom. The molecule has 0 aliphatic carbocycles. The molecule has 0 fully saturated rings. The van der Waals surface area contributed by atoms with Crippen LogP contribution in [0, 0.1) is 0 Å². The van der Waals surface area contributed by atoms with Gasteiger partial charge in [-0.2, -0.15) is 0 Å². The second-order valence-corrected chi connectivity index (χ2v) is 1.86. The molecule has 0 atom stereocenters. The summed E-state index contributed by atoms with van der Waals surface area (Å²) in [6.45, 7) is 0. The number of benzene rings is 1. The van der Waals surface area contributed by atoms with Crippen molar-refractivity contribution < 1.29 is 10.2 Å². The Morgan fingerprint density at radius 2 is 2.09 bits per heavy atom. The molecule has 5 nitrogen and oxygen atoms in total. The number of azide groups is 1. The van der Waals surface area contributed by atoms with Gasteiger partial charge < -0.3 is 10.2 Å². The number of hydrogen-bond acceptors (Lipinski definition) is 3. The van der Waals surface area contributed by atoms with Crippen molar-refractivity contribution in [3.63, 3.8) is 0 Å². The number of phenols is 2. The minimum absolute atomic E-state index is 0.0700. The summed E-state index contributed by atoms with van der Waals surface area (Å²) in [5, 5.41) is 21.0. The standard InChI is InChI=1S/C6H5N3O2/c7-9-8-5-2-1-4(10)3-6(5)11/h1-3,10-11H. The predicted molar refractivity (Wildman–Crippen MR) is 38.6 cm³/mol. The molecule has 56 valence electrons. The van der Waals surface area contributed by atoms with E-state index in [0.29, 0.717) is 0 Å². The minimum atomic E-state index is -0.234. The largest absolute Gasteiger partial charge is 0.508 e. The molecule has 0 aliphatic rings. The van der Waals surface area contributed by atoms with E-state index < -0.39 is 0 Å². The van der Waals surface area contributed by atoms with Crippen LogP contribution in [0.5, 0.6) is 11.5 Å². The number of rotatable bonds is 1. The molecule has 5 heteroatoms. The van der Waals surface area contributed by atoms with Crippen molar-refractivity contribution in [3.8, 4) is 11.5 Å². The van der Waals surface area contributed by atoms with E-state index >= 15 is 0 Å². The van der Waals surface area contributed by atoms with E-state index in [4.69, 9.17) is 15.7 Å². The molecule has 1 aromatic carbocycles. The zero-order valence-electron chi connectivity index (χ0n) is 5.47. The summed E-state index contributed by atoms with van der Waals surface area (Å²) in [7, 11) is 0. The highest BCUT2D eigenvalue weighted by Gasteiger charge is 1.97. The van der Waals surface area contributed by atoms with Gasteiger partial charge in [0.2, 0.25) is 0 Å². The average molecular weight is 151 g/mol. The molecule has 0 saturated heterocycles. The topological polar surface area (TPSA) is 89.2 Å². The molecule has 2 N–H and O–H groups in total. The summed E-state index contributed by atoms with van der Waals surface area (Å²) >= 11 is 0. The smallest absolute Gasteiger partial charge is 0.128 e. The van der Waals surface area contributed by atoms with E-state index in [1.165, 1.54) is 12.1 Å². The molecule has 0 heterocycles. The van der Waals surface area contributed by atoms with Gasteiger partial charge in [0.15, 0.2) is 0 Å². The van der Waals surface area contributed by atoms with Gasteiger partial charge in [0.05, 0.1) is 5.69 Å². The van der Waals surface area contributed by atoms with Crippen molar-refractivity contribution >= 4 is 5.69 Å². The first-order valence-corrected chi connectivity index (χ1v) is 2.81. The van der Waals surface area contributed by atoms with E-state index in [1.54, 1.807) is 0 Å². The number of aromatic hydroxyl groups is 2. The van der Waals surface area contributed by atoms with Gasteiger partial charge in [0.25, 0.3) is 0 Å². The lowest BCUT2D eigenvalue weighted by Gasteiger charge is -1.96. The zero-order valence-corrected chi connectivity index (χ0v) is 5.47. The van der Waals surface area contributed by atoms with Crippen molar-refractivity contribution in [2.24, 2.45) is 5.11 Å². The molecule has 1 aromatic rings. The van der Waals surface area contributed by atoms with Crippen LogP contribution in [0.1, 0.15) is 0 Å². The van der Waals surface area contributed by atoms with E-state index in [-0.39, 0.29) is 17.2 Å². The van der Waals surface area contributed by atoms with Crippen molar-refractivity contribution in [2.75, 3.05) is 0 Å². The molecule has 0 aliphatic heterocycles. The van der Waals surface area contributed by atoms with Crippen molar-refractivity contribution in [2.45, 2.75) is 0 Å². The van der Waals surface area contributed by atoms with Gasteiger partial charge in [0, 0.05) is 11.0 Å². The molecule has 0 aromatic heterocycles. The van der Waals surface area contributed by atoms with Crippen LogP contribution < -0.4 is 0 Å². The summed E-state index contributed by atoms with van der Waals surface area (Å²) in [5.41, 5.74) is 8.10. The first-order valence-electron chi connectivity index (χ1n) is 2.81. The van der Waals surface area contributed by atoms with Gasteiger partial charge in [0.1, 0.15) is 11.5 Å². The van der Waals surface area contributed by atoms with Crippen LogP contribution in [-0.2, 0) is 0 Å². The Bertz CT molecular complexity index is 318. The van der Waals surface area contributed by atoms with Gasteiger partial charge in [-0.1, -0.05) is 5.11 Å². The Morgan fingerprint density at radius 3 is 2.64 bits per heavy atom. The highest BCUT2D eigenvalue weighted by Crippen LogP contribution is 2.29. The Labute approximate surface area is 62.2 Å². The normalized spacial score (nSPS) is 8.73. The molecule has 11 heavy (non-hydrogen) atoms. The third kappa shape index (κ3) is 1.53. The molecular formula is C6H5N3O2. The van der Waals surface area contributed by atoms with Crippen LogP contribution in [0.3, 0.4) is 0 Å². The second kappa shape index (κ2) is 2.81. The number of nitrogens with zero attached hydrogens (tertiary/aromatic N) is 3. The SMILES string of the molecule is [N-]=[N+]=Nc1ccc(O)cc1O. The van der Waals surface area contributed by atoms with E-state index in [2.05, 4.69) is 10.0 Å². The fourth-order valence-corrected chi connectivity index (χ4v) is 0.645. The molecule has 1 rings (SSSR count). The number of phenolic OH excluding ortho intramolecular Hbond substituents is 2. The molecule has 0 bridgehead atoms. The summed E-state index contributed by atoms with van der Waals surface area (Å²) in [4.78, 5) is 2.48. The van der Waals surface area contributed by atoms with Gasteiger partial charge in [-0.05, 0) is 17.7 Å². The van der Waals surface area contributed by atoms with Crippen LogP contribution >= 0.6 is 0 Å². The second-order valence-electron chi connectivity index (χ2n) is 1.86. The monoisotopic (exact) mass is 151 g/mol. The molecular weight excluding hydrogens is 146 g/mol. The first kappa shape index (κ1) is 7.24. The van der Waals surface area contributed by atoms with E-state index in [1.807, 2.05) is 0 Å². The van der Waals surface area contributed by atoms with Crippen LogP contribution in [0.15, 0.2) is 23.3 Å². The molecule has 0 amide bonds. The zero-order chi connectivity index (χ0) is 8.27. The van der Waals surface area contributed by atoms with Crippen LogP contribution in [0.2, 0.25) is 0 Å². The molecule has 0 saturated carbocycles. The van der Waals surface area contributed by atoms with E-state index in [9.17, 15) is 0 Å². The maximum Gasteiger partial charge on any atom is 0.128 e. The summed E-state index contributed by atoms with van der Waals surface area (Å²) < 4.78 is 0. The van der Waals surface area contributed by atoms with E-state index in [0.717, 1.165) is 6.07 Å². The summed E-state index contributed by atoms with van der Waals surface area (Å²) in [6, 6.07) is 3.75. The lowest BCUT2D eigenvalue weighted by Crippen LogP contribution is -1.66. The Balaban J connectivity index is 3.19. The van der Waals surface area contributed by atoms with Gasteiger partial charge in [-0.15, -0.1) is 0 Å². The summed E-state index contributed by atoms with van der Waals surface area (Å²) in [6.07, 6.45) is 0. The fraction of sp³-hybridized carbons (Fsp3) is 0. The lowest BCUT2D eigenvalue weighted by molar-refractivity contribution is 0.451. The third-order valence-corrected chi connectivity index (χ3v) is 1.11. The fourth-order valence-electron chi connectivity index (χ4n) is 0.645. The van der Waals surface area contributed by atoms with Gasteiger partial charge in [-0.25, -0.2) is 0 Å². The quantitative estimate of drug-likeness (QED) is 0.365.